The van der Waals surface area contributed by atoms with E-state index in [1.807, 2.05) is 25.1 Å². The number of rotatable bonds is 3. The minimum Gasteiger partial charge on any atom is -0.545 e. The smallest absolute Gasteiger partial charge is 0.128 e. The fourth-order valence-corrected chi connectivity index (χ4v) is 2.79. The van der Waals surface area contributed by atoms with Crippen LogP contribution in [0.1, 0.15) is 28.4 Å². The average molecular weight is 267 g/mol. The zero-order valence-corrected chi connectivity index (χ0v) is 11.3. The van der Waals surface area contributed by atoms with Crippen molar-refractivity contribution in [3.8, 4) is 16.9 Å². The molecule has 0 aromatic heterocycles. The Hall–Kier alpha value is -2.29. The molecule has 0 heterocycles. The molecule has 2 aromatic carbocycles. The Labute approximate surface area is 117 Å². The molecule has 0 unspecified atom stereocenters. The van der Waals surface area contributed by atoms with Crippen LogP contribution in [-0.4, -0.2) is 12.6 Å². The minimum atomic E-state index is -1.19. The molecule has 3 rings (SSSR count). The highest BCUT2D eigenvalue weighted by atomic mass is 16.5. The van der Waals surface area contributed by atoms with E-state index in [4.69, 9.17) is 4.74 Å². The molecule has 0 bridgehead atoms. The van der Waals surface area contributed by atoms with Crippen LogP contribution in [0.5, 0.6) is 5.75 Å². The van der Waals surface area contributed by atoms with E-state index in [-0.39, 0.29) is 5.56 Å². The van der Waals surface area contributed by atoms with Gasteiger partial charge < -0.3 is 14.6 Å². The normalized spacial score (nSPS) is 12.4. The van der Waals surface area contributed by atoms with Gasteiger partial charge in [0.2, 0.25) is 0 Å². The maximum Gasteiger partial charge on any atom is 0.128 e. The van der Waals surface area contributed by atoms with Gasteiger partial charge in [-0.1, -0.05) is 24.3 Å². The predicted octanol–water partition coefficient (Wildman–Crippen LogP) is 2.21. The Morgan fingerprint density at radius 3 is 2.65 bits per heavy atom. The Balaban J connectivity index is 2.20. The van der Waals surface area contributed by atoms with E-state index in [1.165, 1.54) is 11.1 Å². The van der Waals surface area contributed by atoms with Crippen LogP contribution >= 0.6 is 0 Å². The third-order valence-electron chi connectivity index (χ3n) is 3.70. The van der Waals surface area contributed by atoms with Crippen LogP contribution in [-0.2, 0) is 12.8 Å². The van der Waals surface area contributed by atoms with Gasteiger partial charge in [0.1, 0.15) is 5.75 Å². The van der Waals surface area contributed by atoms with Crippen molar-refractivity contribution < 1.29 is 14.6 Å². The van der Waals surface area contributed by atoms with Gasteiger partial charge in [0.05, 0.1) is 12.6 Å². The Morgan fingerprint density at radius 2 is 1.90 bits per heavy atom. The second-order valence-electron chi connectivity index (χ2n) is 4.88. The molecular weight excluding hydrogens is 252 g/mol. The first kappa shape index (κ1) is 12.7. The van der Waals surface area contributed by atoms with Crippen molar-refractivity contribution >= 4 is 5.97 Å². The monoisotopic (exact) mass is 267 g/mol. The molecule has 0 fully saturated rings. The lowest BCUT2D eigenvalue weighted by molar-refractivity contribution is -0.255. The van der Waals surface area contributed by atoms with Gasteiger partial charge in [-0.2, -0.15) is 0 Å². The summed E-state index contributed by atoms with van der Waals surface area (Å²) in [6.45, 7) is 2.27. The van der Waals surface area contributed by atoms with Crippen LogP contribution in [0.4, 0.5) is 0 Å². The lowest BCUT2D eigenvalue weighted by Crippen LogP contribution is -2.24. The number of aryl methyl sites for hydroxylation is 2. The standard InChI is InChI=1S/C17H16O3/c1-2-20-16-10-14-12(9-15(16)17(18)19)8-7-11-5-3-4-6-13(11)14/h3-6,9-10H,2,7-8H2,1H3,(H,18,19)/p-1. The highest BCUT2D eigenvalue weighted by molar-refractivity contribution is 5.91. The number of carbonyl (C=O) groups excluding carboxylic acids is 1. The maximum absolute atomic E-state index is 11.2. The molecule has 0 saturated heterocycles. The number of aromatic carboxylic acids is 1. The summed E-state index contributed by atoms with van der Waals surface area (Å²) in [7, 11) is 0. The molecule has 3 heteroatoms. The van der Waals surface area contributed by atoms with Crippen LogP contribution in [0.25, 0.3) is 11.1 Å². The molecule has 102 valence electrons. The molecule has 0 aliphatic heterocycles. The molecule has 1 aliphatic carbocycles. The number of benzene rings is 2. The molecule has 0 atom stereocenters. The summed E-state index contributed by atoms with van der Waals surface area (Å²) in [5.41, 5.74) is 4.72. The van der Waals surface area contributed by atoms with Crippen molar-refractivity contribution in [3.63, 3.8) is 0 Å². The van der Waals surface area contributed by atoms with Gasteiger partial charge in [-0.3, -0.25) is 0 Å². The summed E-state index contributed by atoms with van der Waals surface area (Å²) >= 11 is 0. The third kappa shape index (κ3) is 2.05. The van der Waals surface area contributed by atoms with Crippen LogP contribution in [0.2, 0.25) is 0 Å². The van der Waals surface area contributed by atoms with Gasteiger partial charge in [-0.05, 0) is 54.2 Å². The molecule has 1 aliphatic rings. The van der Waals surface area contributed by atoms with Gasteiger partial charge in [-0.15, -0.1) is 0 Å². The predicted molar refractivity (Wildman–Crippen MR) is 74.8 cm³/mol. The number of ether oxygens (including phenoxy) is 1. The highest BCUT2D eigenvalue weighted by Gasteiger charge is 2.19. The van der Waals surface area contributed by atoms with E-state index in [0.29, 0.717) is 12.4 Å². The Bertz CT molecular complexity index is 674. The quantitative estimate of drug-likeness (QED) is 0.856. The van der Waals surface area contributed by atoms with Crippen LogP contribution in [0.15, 0.2) is 36.4 Å². The second-order valence-corrected chi connectivity index (χ2v) is 4.88. The molecule has 0 spiro atoms. The number of hydrogen-bond donors (Lipinski definition) is 0. The summed E-state index contributed by atoms with van der Waals surface area (Å²) in [4.78, 5) is 11.2. The fourth-order valence-electron chi connectivity index (χ4n) is 2.79. The highest BCUT2D eigenvalue weighted by Crippen LogP contribution is 2.37. The van der Waals surface area contributed by atoms with Crippen LogP contribution < -0.4 is 9.84 Å². The van der Waals surface area contributed by atoms with Crippen LogP contribution in [0.3, 0.4) is 0 Å². The lowest BCUT2D eigenvalue weighted by Gasteiger charge is -2.22. The molecule has 2 aromatic rings. The first-order chi connectivity index (χ1) is 9.70. The van der Waals surface area contributed by atoms with Crippen LogP contribution in [0, 0.1) is 0 Å². The molecular formula is C17H15O3-. The zero-order valence-electron chi connectivity index (χ0n) is 11.3. The lowest BCUT2D eigenvalue weighted by atomic mass is 9.84. The summed E-state index contributed by atoms with van der Waals surface area (Å²) in [6, 6.07) is 11.8. The molecule has 3 nitrogen and oxygen atoms in total. The van der Waals surface area contributed by atoms with Gasteiger partial charge in [0.15, 0.2) is 0 Å². The third-order valence-corrected chi connectivity index (χ3v) is 3.70. The van der Waals surface area contributed by atoms with Gasteiger partial charge in [0, 0.05) is 5.56 Å². The van der Waals surface area contributed by atoms with Crippen molar-refractivity contribution in [1.29, 1.82) is 0 Å². The first-order valence-corrected chi connectivity index (χ1v) is 6.80. The van der Waals surface area contributed by atoms with E-state index in [2.05, 4.69) is 12.1 Å². The fraction of sp³-hybridized carbons (Fsp3) is 0.235. The average Bonchev–Trinajstić information content (AvgIpc) is 2.46. The second kappa shape index (κ2) is 5.00. The van der Waals surface area contributed by atoms with Gasteiger partial charge in [-0.25, -0.2) is 0 Å². The van der Waals surface area contributed by atoms with Crippen molar-refractivity contribution in [2.24, 2.45) is 0 Å². The summed E-state index contributed by atoms with van der Waals surface area (Å²) in [5.74, 6) is -0.793. The summed E-state index contributed by atoms with van der Waals surface area (Å²) in [5, 5.41) is 11.2. The molecule has 0 saturated carbocycles. The Kier molecular flexibility index (Phi) is 3.18. The van der Waals surface area contributed by atoms with Crippen molar-refractivity contribution in [1.82, 2.24) is 0 Å². The SMILES string of the molecule is CCOc1cc2c(cc1C(=O)[O-])CCc1ccccc1-2. The van der Waals surface area contributed by atoms with E-state index < -0.39 is 5.97 Å². The van der Waals surface area contributed by atoms with E-state index >= 15 is 0 Å². The maximum atomic E-state index is 11.2. The van der Waals surface area contributed by atoms with E-state index in [1.54, 1.807) is 6.07 Å². The summed E-state index contributed by atoms with van der Waals surface area (Å²) in [6.07, 6.45) is 1.78. The topological polar surface area (TPSA) is 49.4 Å². The molecule has 0 N–H and O–H groups in total. The molecule has 20 heavy (non-hydrogen) atoms. The molecule has 0 amide bonds. The number of fused-ring (bicyclic) bond motifs is 3. The first-order valence-electron chi connectivity index (χ1n) is 6.80. The minimum absolute atomic E-state index is 0.144. The van der Waals surface area contributed by atoms with E-state index in [0.717, 1.165) is 24.0 Å². The largest absolute Gasteiger partial charge is 0.545 e. The van der Waals surface area contributed by atoms with Crippen molar-refractivity contribution in [2.45, 2.75) is 19.8 Å². The zero-order chi connectivity index (χ0) is 14.1. The number of carbonyl (C=O) groups is 1. The number of hydrogen-bond acceptors (Lipinski definition) is 3. The van der Waals surface area contributed by atoms with E-state index in [9.17, 15) is 9.90 Å². The number of carboxylic acid groups (broad SMARTS) is 1. The van der Waals surface area contributed by atoms with Gasteiger partial charge >= 0.3 is 0 Å². The van der Waals surface area contributed by atoms with Gasteiger partial charge in [0.25, 0.3) is 0 Å². The number of carboxylic acids is 1. The summed E-state index contributed by atoms with van der Waals surface area (Å²) < 4.78 is 5.46. The van der Waals surface area contributed by atoms with Crippen molar-refractivity contribution in [3.05, 3.63) is 53.1 Å². The molecule has 0 radical (unpaired) electrons. The Morgan fingerprint density at radius 1 is 1.15 bits per heavy atom. The van der Waals surface area contributed by atoms with Crippen molar-refractivity contribution in [2.75, 3.05) is 6.61 Å².